The Balaban J connectivity index is 2.69. The number of benzene rings is 1. The number of carbonyl (C=O) groups is 1. The van der Waals surface area contributed by atoms with Gasteiger partial charge in [-0.05, 0) is 38.7 Å². The number of amides is 1. The van der Waals surface area contributed by atoms with Crippen molar-refractivity contribution in [1.29, 1.82) is 0 Å². The van der Waals surface area contributed by atoms with E-state index in [9.17, 15) is 9.90 Å². The first-order chi connectivity index (χ1) is 8.35. The van der Waals surface area contributed by atoms with Crippen LogP contribution in [0.2, 0.25) is 0 Å². The van der Waals surface area contributed by atoms with Crippen molar-refractivity contribution in [2.75, 3.05) is 18.6 Å². The SMILES string of the molecule is CSCC(C)(O)CNC(=O)c1cc(C)ccc1C. The summed E-state index contributed by atoms with van der Waals surface area (Å²) in [4.78, 5) is 12.0. The van der Waals surface area contributed by atoms with Crippen LogP contribution in [0.5, 0.6) is 0 Å². The van der Waals surface area contributed by atoms with Gasteiger partial charge in [-0.2, -0.15) is 11.8 Å². The minimum atomic E-state index is -0.868. The van der Waals surface area contributed by atoms with Crippen LogP contribution in [0.25, 0.3) is 0 Å². The van der Waals surface area contributed by atoms with E-state index in [1.807, 2.05) is 38.3 Å². The number of carbonyl (C=O) groups excluding carboxylic acids is 1. The van der Waals surface area contributed by atoms with Crippen LogP contribution >= 0.6 is 11.8 Å². The Labute approximate surface area is 113 Å². The fraction of sp³-hybridized carbons (Fsp3) is 0.500. The van der Waals surface area contributed by atoms with Crippen LogP contribution in [-0.4, -0.2) is 35.2 Å². The van der Waals surface area contributed by atoms with Crippen LogP contribution in [0.15, 0.2) is 18.2 Å². The smallest absolute Gasteiger partial charge is 0.251 e. The van der Waals surface area contributed by atoms with Gasteiger partial charge in [-0.1, -0.05) is 17.7 Å². The van der Waals surface area contributed by atoms with Gasteiger partial charge in [0.25, 0.3) is 5.91 Å². The summed E-state index contributed by atoms with van der Waals surface area (Å²) in [5.74, 6) is 0.470. The third-order valence-electron chi connectivity index (χ3n) is 2.72. The molecular formula is C14H21NO2S. The summed E-state index contributed by atoms with van der Waals surface area (Å²) in [6.45, 7) is 5.86. The van der Waals surface area contributed by atoms with Gasteiger partial charge in [-0.3, -0.25) is 4.79 Å². The Morgan fingerprint density at radius 3 is 2.72 bits per heavy atom. The zero-order valence-electron chi connectivity index (χ0n) is 11.4. The van der Waals surface area contributed by atoms with Gasteiger partial charge in [-0.15, -0.1) is 0 Å². The van der Waals surface area contributed by atoms with Gasteiger partial charge in [-0.25, -0.2) is 0 Å². The molecule has 0 bridgehead atoms. The van der Waals surface area contributed by atoms with Crippen molar-refractivity contribution >= 4 is 17.7 Å². The van der Waals surface area contributed by atoms with Crippen molar-refractivity contribution in [3.63, 3.8) is 0 Å². The summed E-state index contributed by atoms with van der Waals surface area (Å²) in [5, 5.41) is 12.8. The molecule has 0 saturated carbocycles. The molecule has 1 aromatic carbocycles. The Bertz CT molecular complexity index is 430. The van der Waals surface area contributed by atoms with Gasteiger partial charge in [0.2, 0.25) is 0 Å². The van der Waals surface area contributed by atoms with Crippen LogP contribution in [0.1, 0.15) is 28.4 Å². The van der Waals surface area contributed by atoms with Crippen molar-refractivity contribution in [2.24, 2.45) is 0 Å². The van der Waals surface area contributed by atoms with E-state index in [-0.39, 0.29) is 12.5 Å². The highest BCUT2D eigenvalue weighted by Crippen LogP contribution is 2.12. The Kier molecular flexibility index (Phi) is 5.23. The highest BCUT2D eigenvalue weighted by molar-refractivity contribution is 7.98. The lowest BCUT2D eigenvalue weighted by Gasteiger charge is -2.22. The average molecular weight is 267 g/mol. The highest BCUT2D eigenvalue weighted by atomic mass is 32.2. The number of aliphatic hydroxyl groups is 1. The van der Waals surface area contributed by atoms with Gasteiger partial charge in [0.05, 0.1) is 5.60 Å². The average Bonchev–Trinajstić information content (AvgIpc) is 2.29. The molecule has 1 amide bonds. The summed E-state index contributed by atoms with van der Waals surface area (Å²) in [6, 6.07) is 5.79. The molecule has 0 radical (unpaired) electrons. The first kappa shape index (κ1) is 15.1. The van der Waals surface area contributed by atoms with E-state index in [0.29, 0.717) is 11.3 Å². The second-order valence-electron chi connectivity index (χ2n) is 4.93. The largest absolute Gasteiger partial charge is 0.387 e. The predicted molar refractivity (Wildman–Crippen MR) is 77.3 cm³/mol. The molecule has 0 aromatic heterocycles. The number of thioether (sulfide) groups is 1. The maximum Gasteiger partial charge on any atom is 0.251 e. The second-order valence-corrected chi connectivity index (χ2v) is 5.80. The molecule has 1 unspecified atom stereocenters. The number of hydrogen-bond acceptors (Lipinski definition) is 3. The summed E-state index contributed by atoms with van der Waals surface area (Å²) in [7, 11) is 0. The summed E-state index contributed by atoms with van der Waals surface area (Å²) >= 11 is 1.56. The molecule has 18 heavy (non-hydrogen) atoms. The summed E-state index contributed by atoms with van der Waals surface area (Å²) in [6.07, 6.45) is 1.93. The van der Waals surface area contributed by atoms with Crippen LogP contribution in [0, 0.1) is 13.8 Å². The van der Waals surface area contributed by atoms with Gasteiger partial charge < -0.3 is 10.4 Å². The monoisotopic (exact) mass is 267 g/mol. The quantitative estimate of drug-likeness (QED) is 0.859. The molecular weight excluding hydrogens is 246 g/mol. The first-order valence-corrected chi connectivity index (χ1v) is 7.32. The lowest BCUT2D eigenvalue weighted by molar-refractivity contribution is 0.0724. The maximum atomic E-state index is 12.0. The molecule has 3 nitrogen and oxygen atoms in total. The Morgan fingerprint density at radius 1 is 1.44 bits per heavy atom. The molecule has 1 rings (SSSR count). The van der Waals surface area contributed by atoms with Gasteiger partial charge in [0.15, 0.2) is 0 Å². The number of hydrogen-bond donors (Lipinski definition) is 2. The van der Waals surface area contributed by atoms with Gasteiger partial charge >= 0.3 is 0 Å². The fourth-order valence-electron chi connectivity index (χ4n) is 1.71. The number of nitrogens with one attached hydrogen (secondary N) is 1. The molecule has 1 atom stereocenters. The van der Waals surface area contributed by atoms with Crippen molar-refractivity contribution in [2.45, 2.75) is 26.4 Å². The number of rotatable bonds is 5. The van der Waals surface area contributed by atoms with Crippen molar-refractivity contribution in [3.05, 3.63) is 34.9 Å². The third-order valence-corrected chi connectivity index (χ3v) is 3.63. The zero-order valence-corrected chi connectivity index (χ0v) is 12.2. The van der Waals surface area contributed by atoms with Crippen LogP contribution in [-0.2, 0) is 0 Å². The van der Waals surface area contributed by atoms with Crippen molar-refractivity contribution < 1.29 is 9.90 Å². The van der Waals surface area contributed by atoms with E-state index in [4.69, 9.17) is 0 Å². The molecule has 0 aliphatic heterocycles. The van der Waals surface area contributed by atoms with Crippen molar-refractivity contribution in [3.8, 4) is 0 Å². The normalized spacial score (nSPS) is 14.1. The minimum Gasteiger partial charge on any atom is -0.387 e. The molecule has 4 heteroatoms. The molecule has 0 aliphatic rings. The summed E-state index contributed by atoms with van der Waals surface area (Å²) in [5.41, 5.74) is 1.81. The number of aryl methyl sites for hydroxylation is 2. The third kappa shape index (κ3) is 4.35. The first-order valence-electron chi connectivity index (χ1n) is 5.92. The van der Waals surface area contributed by atoms with E-state index in [2.05, 4.69) is 5.32 Å². The molecule has 0 fully saturated rings. The van der Waals surface area contributed by atoms with Crippen LogP contribution in [0.4, 0.5) is 0 Å². The molecule has 2 N–H and O–H groups in total. The Hall–Kier alpha value is -1.00. The van der Waals surface area contributed by atoms with Crippen LogP contribution in [0.3, 0.4) is 0 Å². The Morgan fingerprint density at radius 2 is 2.11 bits per heavy atom. The van der Waals surface area contributed by atoms with Gasteiger partial charge in [0, 0.05) is 17.9 Å². The lowest BCUT2D eigenvalue weighted by Crippen LogP contribution is -2.42. The molecule has 0 aliphatic carbocycles. The van der Waals surface area contributed by atoms with E-state index in [0.717, 1.165) is 11.1 Å². The molecule has 0 heterocycles. The van der Waals surface area contributed by atoms with E-state index < -0.39 is 5.60 Å². The highest BCUT2D eigenvalue weighted by Gasteiger charge is 2.21. The zero-order chi connectivity index (χ0) is 13.8. The minimum absolute atomic E-state index is 0.127. The maximum absolute atomic E-state index is 12.0. The molecule has 1 aromatic rings. The summed E-state index contributed by atoms with van der Waals surface area (Å²) < 4.78 is 0. The molecule has 100 valence electrons. The topological polar surface area (TPSA) is 49.3 Å². The van der Waals surface area contributed by atoms with E-state index in [1.165, 1.54) is 0 Å². The molecule has 0 spiro atoms. The van der Waals surface area contributed by atoms with E-state index in [1.54, 1.807) is 18.7 Å². The molecule has 0 saturated heterocycles. The van der Waals surface area contributed by atoms with Crippen LogP contribution < -0.4 is 5.32 Å². The fourth-order valence-corrected chi connectivity index (χ4v) is 2.43. The second kappa shape index (κ2) is 6.25. The van der Waals surface area contributed by atoms with E-state index >= 15 is 0 Å². The van der Waals surface area contributed by atoms with Crippen molar-refractivity contribution in [1.82, 2.24) is 5.32 Å². The predicted octanol–water partition coefficient (Wildman–Crippen LogP) is 2.15. The standard InChI is InChI=1S/C14H21NO2S/c1-10-5-6-11(2)12(7-10)13(16)15-8-14(3,17)9-18-4/h5-7,17H,8-9H2,1-4H3,(H,15,16). The lowest BCUT2D eigenvalue weighted by atomic mass is 10.0. The van der Waals surface area contributed by atoms with Gasteiger partial charge in [0.1, 0.15) is 0 Å².